The molecule has 3 nitrogen and oxygen atoms in total. The van der Waals surface area contributed by atoms with Crippen LogP contribution in [-0.4, -0.2) is 13.1 Å². The third-order valence-corrected chi connectivity index (χ3v) is 5.92. The summed E-state index contributed by atoms with van der Waals surface area (Å²) in [6.45, 7) is 4.23. The fraction of sp³-hybridized carbons (Fsp3) is 0.250. The van der Waals surface area contributed by atoms with Crippen molar-refractivity contribution in [3.8, 4) is 11.5 Å². The highest BCUT2D eigenvalue weighted by Gasteiger charge is 2.21. The van der Waals surface area contributed by atoms with Crippen molar-refractivity contribution < 1.29 is 14.3 Å². The Balaban J connectivity index is 1.94. The van der Waals surface area contributed by atoms with Crippen molar-refractivity contribution in [1.82, 2.24) is 0 Å². The summed E-state index contributed by atoms with van der Waals surface area (Å²) in [5.74, 6) is 1.20. The van der Waals surface area contributed by atoms with Crippen molar-refractivity contribution in [3.05, 3.63) is 57.9 Å². The summed E-state index contributed by atoms with van der Waals surface area (Å²) < 4.78 is 11.8. The van der Waals surface area contributed by atoms with E-state index in [4.69, 9.17) is 21.1 Å². The summed E-state index contributed by atoms with van der Waals surface area (Å²) in [6, 6.07) is 13.2. The molecule has 0 saturated carbocycles. The molecule has 0 aliphatic rings. The fourth-order valence-corrected chi connectivity index (χ4v) is 4.06. The summed E-state index contributed by atoms with van der Waals surface area (Å²) in [5, 5.41) is 1.25. The molecule has 1 heterocycles. The summed E-state index contributed by atoms with van der Waals surface area (Å²) in [4.78, 5) is 13.1. The number of rotatable bonds is 5. The Hall–Kier alpha value is -2.04. The molecule has 3 aromatic rings. The molecule has 0 N–H and O–H groups in total. The van der Waals surface area contributed by atoms with Gasteiger partial charge in [0.2, 0.25) is 0 Å². The molecule has 0 amide bonds. The lowest BCUT2D eigenvalue weighted by Crippen LogP contribution is -2.09. The van der Waals surface area contributed by atoms with Crippen LogP contribution >= 0.6 is 22.9 Å². The van der Waals surface area contributed by atoms with Crippen molar-refractivity contribution >= 4 is 39.0 Å². The van der Waals surface area contributed by atoms with Gasteiger partial charge in [0.25, 0.3) is 0 Å². The van der Waals surface area contributed by atoms with E-state index in [-0.39, 0.29) is 0 Å². The van der Waals surface area contributed by atoms with E-state index >= 15 is 0 Å². The largest absolute Gasteiger partial charge is 0.497 e. The minimum Gasteiger partial charge on any atom is -0.497 e. The van der Waals surface area contributed by atoms with Gasteiger partial charge in [-0.2, -0.15) is 0 Å². The SMILES string of the molecule is CCC(C)c1ccccc1OC(=O)c1sc2cc(OC)ccc2c1Cl. The molecule has 130 valence electrons. The highest BCUT2D eigenvalue weighted by molar-refractivity contribution is 7.21. The minimum absolute atomic E-state index is 0.311. The van der Waals surface area contributed by atoms with Crippen LogP contribution < -0.4 is 9.47 Å². The monoisotopic (exact) mass is 374 g/mol. The van der Waals surface area contributed by atoms with Crippen LogP contribution in [0.5, 0.6) is 11.5 Å². The molecule has 5 heteroatoms. The van der Waals surface area contributed by atoms with Crippen LogP contribution in [0.2, 0.25) is 5.02 Å². The number of fused-ring (bicyclic) bond motifs is 1. The fourth-order valence-electron chi connectivity index (χ4n) is 2.65. The van der Waals surface area contributed by atoms with E-state index in [1.165, 1.54) is 11.3 Å². The lowest BCUT2D eigenvalue weighted by Gasteiger charge is -2.14. The molecule has 0 saturated heterocycles. The van der Waals surface area contributed by atoms with E-state index in [1.807, 2.05) is 42.5 Å². The van der Waals surface area contributed by atoms with Gasteiger partial charge in [-0.1, -0.05) is 43.6 Å². The van der Waals surface area contributed by atoms with Crippen molar-refractivity contribution in [3.63, 3.8) is 0 Å². The minimum atomic E-state index is -0.430. The third kappa shape index (κ3) is 3.51. The molecular weight excluding hydrogens is 356 g/mol. The van der Waals surface area contributed by atoms with Gasteiger partial charge in [-0.25, -0.2) is 4.79 Å². The first-order chi connectivity index (χ1) is 12.0. The maximum Gasteiger partial charge on any atom is 0.355 e. The quantitative estimate of drug-likeness (QED) is 0.388. The topological polar surface area (TPSA) is 35.5 Å². The van der Waals surface area contributed by atoms with Gasteiger partial charge in [-0.15, -0.1) is 11.3 Å². The molecule has 25 heavy (non-hydrogen) atoms. The highest BCUT2D eigenvalue weighted by atomic mass is 35.5. The zero-order chi connectivity index (χ0) is 18.0. The standard InChI is InChI=1S/C20H19ClO3S/c1-4-12(2)14-7-5-6-8-16(14)24-20(22)19-18(21)15-10-9-13(23-3)11-17(15)25-19/h5-12H,4H2,1-3H3. The van der Waals surface area contributed by atoms with Crippen LogP contribution in [0.25, 0.3) is 10.1 Å². The summed E-state index contributed by atoms with van der Waals surface area (Å²) in [5.41, 5.74) is 1.03. The van der Waals surface area contributed by atoms with Crippen LogP contribution in [-0.2, 0) is 0 Å². The second-order valence-corrected chi connectivity index (χ2v) is 7.27. The van der Waals surface area contributed by atoms with Gasteiger partial charge >= 0.3 is 5.97 Å². The molecule has 1 aromatic heterocycles. The number of ether oxygens (including phenoxy) is 2. The predicted molar refractivity (Wildman–Crippen MR) is 103 cm³/mol. The lowest BCUT2D eigenvalue weighted by atomic mass is 9.98. The number of halogens is 1. The van der Waals surface area contributed by atoms with Crippen molar-refractivity contribution in [2.24, 2.45) is 0 Å². The molecule has 3 rings (SSSR count). The molecule has 0 spiro atoms. The second kappa shape index (κ2) is 7.46. The normalized spacial score (nSPS) is 12.2. The van der Waals surface area contributed by atoms with E-state index in [0.717, 1.165) is 27.8 Å². The Morgan fingerprint density at radius 3 is 2.72 bits per heavy atom. The average molecular weight is 375 g/mol. The van der Waals surface area contributed by atoms with Crippen molar-refractivity contribution in [1.29, 1.82) is 0 Å². The molecule has 0 aliphatic carbocycles. The first kappa shape index (κ1) is 17.8. The maximum atomic E-state index is 12.7. The third-order valence-electron chi connectivity index (χ3n) is 4.29. The van der Waals surface area contributed by atoms with Gasteiger partial charge in [0, 0.05) is 10.1 Å². The summed E-state index contributed by atoms with van der Waals surface area (Å²) in [6.07, 6.45) is 0.970. The van der Waals surface area contributed by atoms with Gasteiger partial charge in [0.15, 0.2) is 0 Å². The van der Waals surface area contributed by atoms with Crippen LogP contribution in [0.1, 0.15) is 41.4 Å². The van der Waals surface area contributed by atoms with Gasteiger partial charge in [-0.3, -0.25) is 0 Å². The Bertz CT molecular complexity index is 916. The predicted octanol–water partition coefficient (Wildman–Crippen LogP) is 6.30. The zero-order valence-electron chi connectivity index (χ0n) is 14.3. The number of thiophene rings is 1. The molecule has 0 radical (unpaired) electrons. The number of esters is 1. The first-order valence-electron chi connectivity index (χ1n) is 8.12. The smallest absolute Gasteiger partial charge is 0.355 e. The van der Waals surface area contributed by atoms with Crippen molar-refractivity contribution in [2.75, 3.05) is 7.11 Å². The number of hydrogen-bond acceptors (Lipinski definition) is 4. The number of carbonyl (C=O) groups is 1. The van der Waals surface area contributed by atoms with E-state index in [1.54, 1.807) is 7.11 Å². The van der Waals surface area contributed by atoms with Crippen LogP contribution in [0.4, 0.5) is 0 Å². The van der Waals surface area contributed by atoms with Crippen LogP contribution in [0.3, 0.4) is 0 Å². The van der Waals surface area contributed by atoms with Gasteiger partial charge < -0.3 is 9.47 Å². The van der Waals surface area contributed by atoms with E-state index < -0.39 is 5.97 Å². The van der Waals surface area contributed by atoms with Gasteiger partial charge in [-0.05, 0) is 42.2 Å². The number of methoxy groups -OCH3 is 1. The Morgan fingerprint density at radius 2 is 2.00 bits per heavy atom. The van der Waals surface area contributed by atoms with E-state index in [0.29, 0.717) is 21.6 Å². The number of hydrogen-bond donors (Lipinski definition) is 0. The van der Waals surface area contributed by atoms with E-state index in [2.05, 4.69) is 13.8 Å². The summed E-state index contributed by atoms with van der Waals surface area (Å²) in [7, 11) is 1.61. The average Bonchev–Trinajstić information content (AvgIpc) is 2.97. The van der Waals surface area contributed by atoms with Crippen LogP contribution in [0, 0.1) is 0 Å². The lowest BCUT2D eigenvalue weighted by molar-refractivity contribution is 0.0738. The van der Waals surface area contributed by atoms with Gasteiger partial charge in [0.05, 0.1) is 12.1 Å². The molecule has 0 aliphatic heterocycles. The van der Waals surface area contributed by atoms with Crippen molar-refractivity contribution in [2.45, 2.75) is 26.2 Å². The molecule has 1 unspecified atom stereocenters. The Kier molecular flexibility index (Phi) is 5.30. The maximum absolute atomic E-state index is 12.7. The second-order valence-electron chi connectivity index (χ2n) is 5.84. The molecule has 0 fully saturated rings. The Morgan fingerprint density at radius 1 is 1.24 bits per heavy atom. The van der Waals surface area contributed by atoms with E-state index in [9.17, 15) is 4.79 Å². The number of benzene rings is 2. The highest BCUT2D eigenvalue weighted by Crippen LogP contribution is 2.38. The first-order valence-corrected chi connectivity index (χ1v) is 9.31. The number of carbonyl (C=O) groups excluding carboxylic acids is 1. The Labute approximate surface area is 156 Å². The summed E-state index contributed by atoms with van der Waals surface area (Å²) >= 11 is 7.73. The zero-order valence-corrected chi connectivity index (χ0v) is 15.9. The molecule has 1 atom stereocenters. The number of para-hydroxylation sites is 1. The molecule has 2 aromatic carbocycles. The van der Waals surface area contributed by atoms with Crippen LogP contribution in [0.15, 0.2) is 42.5 Å². The van der Waals surface area contributed by atoms with Gasteiger partial charge in [0.1, 0.15) is 16.4 Å². The molecule has 0 bridgehead atoms. The molecular formula is C20H19ClO3S.